The molecule has 1 saturated heterocycles. The first-order chi connectivity index (χ1) is 13.9. The standard InChI is InChI=1S/C23H26N2O4/c1-24(16-22(27)25-13-5-8-20(15-25)23(28)29)21(26)14-17-9-11-19(12-10-17)18-6-3-2-4-7-18/h2-4,6-7,9-12,20H,5,8,13-16H2,1H3,(H,28,29). The van der Waals surface area contributed by atoms with Gasteiger partial charge in [-0.15, -0.1) is 0 Å². The number of hydrogen-bond acceptors (Lipinski definition) is 3. The summed E-state index contributed by atoms with van der Waals surface area (Å²) in [5, 5.41) is 9.16. The van der Waals surface area contributed by atoms with Crippen molar-refractivity contribution in [1.29, 1.82) is 0 Å². The first-order valence-corrected chi connectivity index (χ1v) is 9.83. The topological polar surface area (TPSA) is 77.9 Å². The number of hydrogen-bond donors (Lipinski definition) is 1. The highest BCUT2D eigenvalue weighted by molar-refractivity contribution is 5.86. The Morgan fingerprint density at radius 3 is 2.34 bits per heavy atom. The van der Waals surface area contributed by atoms with E-state index in [1.165, 1.54) is 4.90 Å². The van der Waals surface area contributed by atoms with Crippen molar-refractivity contribution in [3.63, 3.8) is 0 Å². The van der Waals surface area contributed by atoms with Gasteiger partial charge in [0.1, 0.15) is 0 Å². The van der Waals surface area contributed by atoms with Crippen molar-refractivity contribution in [2.24, 2.45) is 5.92 Å². The predicted octanol–water partition coefficient (Wildman–Crippen LogP) is 2.68. The summed E-state index contributed by atoms with van der Waals surface area (Å²) in [5.74, 6) is -1.73. The first kappa shape index (κ1) is 20.6. The molecule has 6 nitrogen and oxygen atoms in total. The number of carboxylic acids is 1. The van der Waals surface area contributed by atoms with Crippen molar-refractivity contribution in [2.45, 2.75) is 19.3 Å². The van der Waals surface area contributed by atoms with E-state index in [0.29, 0.717) is 19.4 Å². The number of benzene rings is 2. The number of likely N-dealkylation sites (tertiary alicyclic amines) is 1. The van der Waals surface area contributed by atoms with Gasteiger partial charge in [0.05, 0.1) is 18.9 Å². The van der Waals surface area contributed by atoms with Crippen molar-refractivity contribution in [3.8, 4) is 11.1 Å². The van der Waals surface area contributed by atoms with Gasteiger partial charge in [-0.3, -0.25) is 14.4 Å². The van der Waals surface area contributed by atoms with Crippen LogP contribution in [-0.4, -0.2) is 59.4 Å². The molecule has 2 aromatic rings. The lowest BCUT2D eigenvalue weighted by molar-refractivity contribution is -0.147. The minimum atomic E-state index is -0.870. The van der Waals surface area contributed by atoms with E-state index in [2.05, 4.69) is 0 Å². The first-order valence-electron chi connectivity index (χ1n) is 9.83. The van der Waals surface area contributed by atoms with Crippen molar-refractivity contribution >= 4 is 17.8 Å². The molecule has 1 heterocycles. The second kappa shape index (κ2) is 9.37. The molecule has 2 amide bonds. The van der Waals surface area contributed by atoms with Crippen molar-refractivity contribution in [1.82, 2.24) is 9.80 Å². The SMILES string of the molecule is CN(CC(=O)N1CCCC(C(=O)O)C1)C(=O)Cc1ccc(-c2ccccc2)cc1. The van der Waals surface area contributed by atoms with Crippen LogP contribution in [0.3, 0.4) is 0 Å². The van der Waals surface area contributed by atoms with Crippen LogP contribution in [0.15, 0.2) is 54.6 Å². The van der Waals surface area contributed by atoms with Crippen LogP contribution >= 0.6 is 0 Å². The molecule has 6 heteroatoms. The van der Waals surface area contributed by atoms with E-state index in [4.69, 9.17) is 5.11 Å². The summed E-state index contributed by atoms with van der Waals surface area (Å²) in [6.45, 7) is 0.732. The Kier molecular flexibility index (Phi) is 6.65. The third kappa shape index (κ3) is 5.44. The molecule has 0 aromatic heterocycles. The van der Waals surface area contributed by atoms with Crippen LogP contribution in [0.5, 0.6) is 0 Å². The van der Waals surface area contributed by atoms with Crippen LogP contribution in [0.1, 0.15) is 18.4 Å². The monoisotopic (exact) mass is 394 g/mol. The summed E-state index contributed by atoms with van der Waals surface area (Å²) in [5.41, 5.74) is 3.09. The quantitative estimate of drug-likeness (QED) is 0.817. The van der Waals surface area contributed by atoms with Gasteiger partial charge in [-0.25, -0.2) is 0 Å². The van der Waals surface area contributed by atoms with E-state index >= 15 is 0 Å². The number of nitrogens with zero attached hydrogens (tertiary/aromatic N) is 2. The lowest BCUT2D eigenvalue weighted by Crippen LogP contribution is -2.47. The van der Waals surface area contributed by atoms with Crippen LogP contribution in [0.2, 0.25) is 0 Å². The van der Waals surface area contributed by atoms with Crippen LogP contribution in [0.4, 0.5) is 0 Å². The molecule has 0 saturated carbocycles. The molecule has 1 unspecified atom stereocenters. The number of carbonyl (C=O) groups excluding carboxylic acids is 2. The number of likely N-dealkylation sites (N-methyl/N-ethyl adjacent to an activating group) is 1. The smallest absolute Gasteiger partial charge is 0.308 e. The van der Waals surface area contributed by atoms with Crippen LogP contribution in [-0.2, 0) is 20.8 Å². The highest BCUT2D eigenvalue weighted by Gasteiger charge is 2.28. The Bertz CT molecular complexity index is 864. The van der Waals surface area contributed by atoms with Crippen molar-refractivity contribution in [2.75, 3.05) is 26.7 Å². The zero-order valence-corrected chi connectivity index (χ0v) is 16.6. The third-order valence-corrected chi connectivity index (χ3v) is 5.34. The molecule has 1 fully saturated rings. The minimum Gasteiger partial charge on any atom is -0.481 e. The minimum absolute atomic E-state index is 0.0345. The number of carboxylic acid groups (broad SMARTS) is 1. The molecule has 1 aliphatic rings. The maximum absolute atomic E-state index is 12.5. The number of carbonyl (C=O) groups is 3. The van der Waals surface area contributed by atoms with E-state index in [9.17, 15) is 14.4 Å². The Labute approximate surface area is 170 Å². The van der Waals surface area contributed by atoms with E-state index in [1.807, 2.05) is 54.6 Å². The van der Waals surface area contributed by atoms with Crippen molar-refractivity contribution < 1.29 is 19.5 Å². The van der Waals surface area contributed by atoms with Gasteiger partial charge < -0.3 is 14.9 Å². The highest BCUT2D eigenvalue weighted by atomic mass is 16.4. The van der Waals surface area contributed by atoms with E-state index in [-0.39, 0.29) is 31.3 Å². The van der Waals surface area contributed by atoms with E-state index < -0.39 is 11.9 Å². The molecular formula is C23H26N2O4. The van der Waals surface area contributed by atoms with Crippen molar-refractivity contribution in [3.05, 3.63) is 60.2 Å². The maximum Gasteiger partial charge on any atom is 0.308 e. The highest BCUT2D eigenvalue weighted by Crippen LogP contribution is 2.20. The van der Waals surface area contributed by atoms with Gasteiger partial charge in [0.15, 0.2) is 0 Å². The van der Waals surface area contributed by atoms with Crippen LogP contribution in [0, 0.1) is 5.92 Å². The summed E-state index contributed by atoms with van der Waals surface area (Å²) < 4.78 is 0. The van der Waals surface area contributed by atoms with Gasteiger partial charge in [0.25, 0.3) is 0 Å². The van der Waals surface area contributed by atoms with Crippen LogP contribution < -0.4 is 0 Å². The summed E-state index contributed by atoms with van der Waals surface area (Å²) in [4.78, 5) is 39.1. The molecule has 0 radical (unpaired) electrons. The fourth-order valence-corrected chi connectivity index (χ4v) is 3.55. The van der Waals surface area contributed by atoms with Gasteiger partial charge in [0, 0.05) is 20.1 Å². The lowest BCUT2D eigenvalue weighted by Gasteiger charge is -2.32. The summed E-state index contributed by atoms with van der Waals surface area (Å²) >= 11 is 0. The molecule has 1 atom stereocenters. The number of piperidine rings is 1. The molecule has 2 aromatic carbocycles. The van der Waals surface area contributed by atoms with Crippen LogP contribution in [0.25, 0.3) is 11.1 Å². The molecule has 29 heavy (non-hydrogen) atoms. The van der Waals surface area contributed by atoms with Gasteiger partial charge >= 0.3 is 5.97 Å². The molecule has 1 aliphatic heterocycles. The summed E-state index contributed by atoms with van der Waals surface area (Å²) in [6.07, 6.45) is 1.48. The number of aliphatic carboxylic acids is 1. The van der Waals surface area contributed by atoms with E-state index in [0.717, 1.165) is 16.7 Å². The largest absolute Gasteiger partial charge is 0.481 e. The zero-order valence-electron chi connectivity index (χ0n) is 16.6. The Balaban J connectivity index is 1.53. The molecule has 3 rings (SSSR count). The Hall–Kier alpha value is -3.15. The fourth-order valence-electron chi connectivity index (χ4n) is 3.55. The molecular weight excluding hydrogens is 368 g/mol. The Morgan fingerprint density at radius 2 is 1.69 bits per heavy atom. The number of amides is 2. The van der Waals surface area contributed by atoms with Gasteiger partial charge in [0.2, 0.25) is 11.8 Å². The summed E-state index contributed by atoms with van der Waals surface area (Å²) in [6, 6.07) is 17.9. The lowest BCUT2D eigenvalue weighted by atomic mass is 9.98. The third-order valence-electron chi connectivity index (χ3n) is 5.34. The fraction of sp³-hybridized carbons (Fsp3) is 0.348. The average molecular weight is 394 g/mol. The average Bonchev–Trinajstić information content (AvgIpc) is 2.75. The second-order valence-electron chi connectivity index (χ2n) is 7.51. The zero-order chi connectivity index (χ0) is 20.8. The summed E-state index contributed by atoms with van der Waals surface area (Å²) in [7, 11) is 1.61. The molecule has 1 N–H and O–H groups in total. The second-order valence-corrected chi connectivity index (χ2v) is 7.51. The predicted molar refractivity (Wildman–Crippen MR) is 110 cm³/mol. The molecule has 0 aliphatic carbocycles. The van der Waals surface area contributed by atoms with Gasteiger partial charge in [-0.1, -0.05) is 54.6 Å². The molecule has 0 bridgehead atoms. The number of rotatable bonds is 6. The van der Waals surface area contributed by atoms with E-state index in [1.54, 1.807) is 11.9 Å². The molecule has 152 valence electrons. The van der Waals surface area contributed by atoms with Gasteiger partial charge in [-0.05, 0) is 29.5 Å². The normalized spacial score (nSPS) is 16.3. The van der Waals surface area contributed by atoms with Gasteiger partial charge in [-0.2, -0.15) is 0 Å². The maximum atomic E-state index is 12.5. The molecule has 0 spiro atoms. The Morgan fingerprint density at radius 1 is 1.03 bits per heavy atom.